The van der Waals surface area contributed by atoms with Gasteiger partial charge in [-0.05, 0) is 18.9 Å². The molecule has 0 amide bonds. The summed E-state index contributed by atoms with van der Waals surface area (Å²) in [6.45, 7) is 2.27. The van der Waals surface area contributed by atoms with Gasteiger partial charge in [-0.3, -0.25) is 0 Å². The van der Waals surface area contributed by atoms with Crippen LogP contribution in [0.2, 0.25) is 0 Å². The maximum atomic E-state index is 10.1. The highest BCUT2D eigenvalue weighted by molar-refractivity contribution is 5.77. The van der Waals surface area contributed by atoms with Crippen molar-refractivity contribution in [1.82, 2.24) is 0 Å². The molecule has 0 aromatic heterocycles. The lowest BCUT2D eigenvalue weighted by Gasteiger charge is -2.01. The summed E-state index contributed by atoms with van der Waals surface area (Å²) in [5, 5.41) is 10.1. The molecule has 0 spiro atoms. The van der Waals surface area contributed by atoms with E-state index in [-0.39, 0.29) is 0 Å². The van der Waals surface area contributed by atoms with Crippen LogP contribution >= 0.6 is 0 Å². The summed E-state index contributed by atoms with van der Waals surface area (Å²) >= 11 is 0. The van der Waals surface area contributed by atoms with E-state index in [1.165, 1.54) is 76.7 Å². The molecule has 24 heavy (non-hydrogen) atoms. The van der Waals surface area contributed by atoms with Crippen LogP contribution < -0.4 is 5.11 Å². The molecular formula is C22H35O2-. The van der Waals surface area contributed by atoms with Crippen molar-refractivity contribution in [1.29, 1.82) is 0 Å². The minimum absolute atomic E-state index is 1.01. The van der Waals surface area contributed by atoms with Gasteiger partial charge in [0.1, 0.15) is 0 Å². The van der Waals surface area contributed by atoms with Gasteiger partial charge >= 0.3 is 0 Å². The molecule has 0 heterocycles. The molecule has 2 nitrogen and oxygen atoms in total. The van der Waals surface area contributed by atoms with Gasteiger partial charge in [0.25, 0.3) is 0 Å². The van der Waals surface area contributed by atoms with Gasteiger partial charge in [0.2, 0.25) is 0 Å². The summed E-state index contributed by atoms with van der Waals surface area (Å²) in [6.07, 6.45) is 30.3. The van der Waals surface area contributed by atoms with Gasteiger partial charge < -0.3 is 9.90 Å². The molecule has 0 fully saturated rings. The number of carboxylic acid groups (broad SMARTS) is 1. The van der Waals surface area contributed by atoms with E-state index in [1.807, 2.05) is 18.2 Å². The zero-order valence-electron chi connectivity index (χ0n) is 15.4. The highest BCUT2D eigenvalue weighted by Crippen LogP contribution is 2.11. The number of aliphatic carboxylic acids is 1. The molecule has 0 saturated carbocycles. The minimum atomic E-state index is -1.17. The zero-order valence-corrected chi connectivity index (χ0v) is 15.4. The van der Waals surface area contributed by atoms with Crippen molar-refractivity contribution in [3.8, 4) is 0 Å². The second-order valence-corrected chi connectivity index (χ2v) is 6.20. The molecule has 0 bridgehead atoms. The molecule has 0 aromatic rings. The van der Waals surface area contributed by atoms with Crippen molar-refractivity contribution < 1.29 is 9.90 Å². The Morgan fingerprint density at radius 2 is 1.12 bits per heavy atom. The van der Waals surface area contributed by atoms with Gasteiger partial charge in [-0.15, -0.1) is 0 Å². The van der Waals surface area contributed by atoms with E-state index in [0.717, 1.165) is 12.5 Å². The molecule has 0 rings (SSSR count). The van der Waals surface area contributed by atoms with Crippen molar-refractivity contribution in [2.24, 2.45) is 0 Å². The Morgan fingerprint density at radius 3 is 1.67 bits per heavy atom. The molecular weight excluding hydrogens is 296 g/mol. The second-order valence-electron chi connectivity index (χ2n) is 6.20. The molecule has 0 radical (unpaired) electrons. The molecule has 0 aliphatic heterocycles. The number of carbonyl (C=O) groups excluding carboxylic acids is 1. The topological polar surface area (TPSA) is 40.1 Å². The fourth-order valence-corrected chi connectivity index (χ4v) is 2.49. The van der Waals surface area contributed by atoms with E-state index in [2.05, 4.69) is 13.0 Å². The third kappa shape index (κ3) is 20.4. The predicted molar refractivity (Wildman–Crippen MR) is 103 cm³/mol. The van der Waals surface area contributed by atoms with Crippen LogP contribution in [0.3, 0.4) is 0 Å². The molecule has 2 heteroatoms. The maximum absolute atomic E-state index is 10.1. The fourth-order valence-electron chi connectivity index (χ4n) is 2.49. The Labute approximate surface area is 149 Å². The molecule has 0 saturated heterocycles. The van der Waals surface area contributed by atoms with Gasteiger partial charge in [-0.1, -0.05) is 114 Å². The smallest absolute Gasteiger partial charge is 0.0642 e. The largest absolute Gasteiger partial charge is 0.545 e. The van der Waals surface area contributed by atoms with Gasteiger partial charge in [0.05, 0.1) is 5.97 Å². The predicted octanol–water partition coefficient (Wildman–Crippen LogP) is 5.66. The van der Waals surface area contributed by atoms with Crippen LogP contribution in [0, 0.1) is 0 Å². The lowest BCUT2D eigenvalue weighted by molar-refractivity contribution is -0.297. The molecule has 0 atom stereocenters. The molecule has 0 aliphatic rings. The first-order chi connectivity index (χ1) is 11.8. The fraction of sp³-hybridized carbons (Fsp3) is 0.591. The first-order valence-electron chi connectivity index (χ1n) is 9.65. The van der Waals surface area contributed by atoms with Gasteiger partial charge in [-0.25, -0.2) is 0 Å². The Balaban J connectivity index is 3.30. The average molecular weight is 332 g/mol. The third-order valence-corrected chi connectivity index (χ3v) is 3.90. The standard InChI is InChI=1S/C22H36O2/c1-2-3-4-5-6-7-8-9-10-11-12-13-14-15-16-17-18-19-20-21-22(23)24/h14-21H,2-13H2,1H3,(H,23,24)/p-1/b15-14+,17-16+,19-18+,21-20+. The lowest BCUT2D eigenvalue weighted by Crippen LogP contribution is -2.18. The van der Waals surface area contributed by atoms with E-state index >= 15 is 0 Å². The minimum Gasteiger partial charge on any atom is -0.545 e. The molecule has 0 N–H and O–H groups in total. The van der Waals surface area contributed by atoms with Crippen LogP contribution in [0.25, 0.3) is 0 Å². The molecule has 0 unspecified atom stereocenters. The van der Waals surface area contributed by atoms with Crippen LogP contribution in [0.15, 0.2) is 48.6 Å². The number of hydrogen-bond acceptors (Lipinski definition) is 2. The highest BCUT2D eigenvalue weighted by Gasteiger charge is 1.92. The van der Waals surface area contributed by atoms with Crippen LogP contribution in [-0.2, 0) is 4.79 Å². The Kier molecular flexibility index (Phi) is 18.2. The van der Waals surface area contributed by atoms with Gasteiger partial charge in [-0.2, -0.15) is 0 Å². The first kappa shape index (κ1) is 22.4. The summed E-state index contributed by atoms with van der Waals surface area (Å²) in [4.78, 5) is 10.1. The summed E-state index contributed by atoms with van der Waals surface area (Å²) in [6, 6.07) is 0. The average Bonchev–Trinajstić information content (AvgIpc) is 2.56. The number of allylic oxidation sites excluding steroid dienone is 7. The summed E-state index contributed by atoms with van der Waals surface area (Å²) < 4.78 is 0. The third-order valence-electron chi connectivity index (χ3n) is 3.90. The van der Waals surface area contributed by atoms with Crippen molar-refractivity contribution in [2.75, 3.05) is 0 Å². The number of rotatable bonds is 16. The monoisotopic (exact) mass is 331 g/mol. The number of carboxylic acids is 1. The maximum Gasteiger partial charge on any atom is 0.0642 e. The van der Waals surface area contributed by atoms with Crippen molar-refractivity contribution >= 4 is 5.97 Å². The molecule has 136 valence electrons. The normalized spacial score (nSPS) is 12.4. The number of unbranched alkanes of at least 4 members (excludes halogenated alkanes) is 11. The second kappa shape index (κ2) is 19.5. The van der Waals surface area contributed by atoms with Crippen LogP contribution in [0.5, 0.6) is 0 Å². The van der Waals surface area contributed by atoms with E-state index in [1.54, 1.807) is 12.2 Å². The van der Waals surface area contributed by atoms with E-state index in [9.17, 15) is 9.90 Å². The Hall–Kier alpha value is -1.57. The van der Waals surface area contributed by atoms with E-state index < -0.39 is 5.97 Å². The van der Waals surface area contributed by atoms with E-state index in [4.69, 9.17) is 0 Å². The van der Waals surface area contributed by atoms with Gasteiger partial charge in [0.15, 0.2) is 0 Å². The lowest BCUT2D eigenvalue weighted by atomic mass is 10.1. The summed E-state index contributed by atoms with van der Waals surface area (Å²) in [5.74, 6) is -1.17. The van der Waals surface area contributed by atoms with Crippen molar-refractivity contribution in [2.45, 2.75) is 84.0 Å². The Bertz CT molecular complexity index is 389. The van der Waals surface area contributed by atoms with Gasteiger partial charge in [0, 0.05) is 0 Å². The molecule has 0 aromatic carbocycles. The zero-order chi connectivity index (χ0) is 17.7. The van der Waals surface area contributed by atoms with Crippen LogP contribution in [-0.4, -0.2) is 5.97 Å². The molecule has 0 aliphatic carbocycles. The van der Waals surface area contributed by atoms with Crippen molar-refractivity contribution in [3.05, 3.63) is 48.6 Å². The highest BCUT2D eigenvalue weighted by atomic mass is 16.4. The number of hydrogen-bond donors (Lipinski definition) is 0. The van der Waals surface area contributed by atoms with Crippen LogP contribution in [0.1, 0.15) is 84.0 Å². The Morgan fingerprint density at radius 1 is 0.667 bits per heavy atom. The number of carbonyl (C=O) groups is 1. The van der Waals surface area contributed by atoms with E-state index in [0.29, 0.717) is 0 Å². The summed E-state index contributed by atoms with van der Waals surface area (Å²) in [7, 11) is 0. The quantitative estimate of drug-likeness (QED) is 0.208. The van der Waals surface area contributed by atoms with Crippen molar-refractivity contribution in [3.63, 3.8) is 0 Å². The SMILES string of the molecule is CCCCCCCCCCCCC/C=C/C=C/C=C/C=C/C(=O)[O-]. The first-order valence-corrected chi connectivity index (χ1v) is 9.65. The van der Waals surface area contributed by atoms with Crippen LogP contribution in [0.4, 0.5) is 0 Å². The summed E-state index contributed by atoms with van der Waals surface area (Å²) in [5.41, 5.74) is 0.